The number of aromatic nitrogens is 5. The van der Waals surface area contributed by atoms with Crippen LogP contribution in [-0.2, 0) is 0 Å². The Balaban J connectivity index is 2.19. The lowest BCUT2D eigenvalue weighted by Gasteiger charge is -1.97. The van der Waals surface area contributed by atoms with Crippen LogP contribution in [0.15, 0.2) is 24.3 Å². The number of hydrogen-bond donors (Lipinski definition) is 2. The number of nitrogens with zero attached hydrogens (tertiary/aromatic N) is 5. The number of rotatable bonds is 1. The van der Waals surface area contributed by atoms with Gasteiger partial charge in [0.05, 0.1) is 5.69 Å². The van der Waals surface area contributed by atoms with Gasteiger partial charge in [-0.2, -0.15) is 9.97 Å². The van der Waals surface area contributed by atoms with Crippen molar-refractivity contribution in [3.05, 3.63) is 30.1 Å². The number of fused-ring (bicyclic) bond motifs is 1. The van der Waals surface area contributed by atoms with Crippen molar-refractivity contribution < 1.29 is 4.39 Å². The fourth-order valence-corrected chi connectivity index (χ4v) is 1.54. The van der Waals surface area contributed by atoms with Gasteiger partial charge < -0.3 is 11.5 Å². The predicted molar refractivity (Wildman–Crippen MR) is 63.2 cm³/mol. The number of anilines is 2. The van der Waals surface area contributed by atoms with Gasteiger partial charge in [0.1, 0.15) is 5.82 Å². The lowest BCUT2D eigenvalue weighted by atomic mass is 10.3. The lowest BCUT2D eigenvalue weighted by molar-refractivity contribution is 0.626. The van der Waals surface area contributed by atoms with Crippen LogP contribution in [0.5, 0.6) is 0 Å². The van der Waals surface area contributed by atoms with Crippen LogP contribution in [0.3, 0.4) is 0 Å². The van der Waals surface area contributed by atoms with Crippen LogP contribution >= 0.6 is 0 Å². The van der Waals surface area contributed by atoms with E-state index in [1.54, 1.807) is 12.1 Å². The van der Waals surface area contributed by atoms with E-state index in [0.29, 0.717) is 16.9 Å². The first kappa shape index (κ1) is 10.4. The van der Waals surface area contributed by atoms with Gasteiger partial charge in [-0.25, -0.2) is 4.39 Å². The summed E-state index contributed by atoms with van der Waals surface area (Å²) in [6.45, 7) is 0. The second-order valence-corrected chi connectivity index (χ2v) is 3.61. The normalized spacial score (nSPS) is 10.9. The molecule has 0 aliphatic rings. The molecule has 0 atom stereocenters. The van der Waals surface area contributed by atoms with Crippen molar-refractivity contribution >= 4 is 22.9 Å². The maximum absolute atomic E-state index is 12.8. The zero-order valence-corrected chi connectivity index (χ0v) is 9.08. The SMILES string of the molecule is Nc1nc(N)c2nn(-c3ccc(F)cc3)nc2n1. The Kier molecular flexibility index (Phi) is 2.09. The Morgan fingerprint density at radius 3 is 2.44 bits per heavy atom. The highest BCUT2D eigenvalue weighted by Gasteiger charge is 2.11. The maximum Gasteiger partial charge on any atom is 0.224 e. The first-order chi connectivity index (χ1) is 8.63. The van der Waals surface area contributed by atoms with Crippen molar-refractivity contribution in [2.75, 3.05) is 11.5 Å². The van der Waals surface area contributed by atoms with Crippen LogP contribution in [0, 0.1) is 5.82 Å². The minimum atomic E-state index is -0.334. The van der Waals surface area contributed by atoms with E-state index in [0.717, 1.165) is 0 Å². The molecule has 2 aromatic heterocycles. The van der Waals surface area contributed by atoms with Gasteiger partial charge in [-0.1, -0.05) is 0 Å². The van der Waals surface area contributed by atoms with E-state index in [9.17, 15) is 4.39 Å². The summed E-state index contributed by atoms with van der Waals surface area (Å²) in [5.74, 6) is -0.143. The van der Waals surface area contributed by atoms with Gasteiger partial charge in [0.25, 0.3) is 0 Å². The molecule has 8 heteroatoms. The standard InChI is InChI=1S/C10H8FN7/c11-5-1-3-6(4-2-5)18-16-7-8(12)14-10(13)15-9(7)17-18/h1-4H,(H4,12,13,14,15,17). The molecule has 3 rings (SSSR count). The predicted octanol–water partition coefficient (Wildman–Crippen LogP) is 0.514. The molecule has 0 amide bonds. The fraction of sp³-hybridized carbons (Fsp3) is 0. The smallest absolute Gasteiger partial charge is 0.224 e. The molecule has 0 radical (unpaired) electrons. The van der Waals surface area contributed by atoms with Crippen molar-refractivity contribution in [3.8, 4) is 5.69 Å². The van der Waals surface area contributed by atoms with Crippen molar-refractivity contribution in [2.45, 2.75) is 0 Å². The van der Waals surface area contributed by atoms with Crippen molar-refractivity contribution in [1.82, 2.24) is 25.0 Å². The van der Waals surface area contributed by atoms with Gasteiger partial charge in [0.15, 0.2) is 11.3 Å². The molecule has 2 heterocycles. The fourth-order valence-electron chi connectivity index (χ4n) is 1.54. The van der Waals surface area contributed by atoms with Gasteiger partial charge >= 0.3 is 0 Å². The Labute approximate surface area is 100 Å². The Morgan fingerprint density at radius 1 is 1.00 bits per heavy atom. The third-order valence-electron chi connectivity index (χ3n) is 2.35. The van der Waals surface area contributed by atoms with E-state index in [-0.39, 0.29) is 17.6 Å². The summed E-state index contributed by atoms with van der Waals surface area (Å²) in [4.78, 5) is 9.01. The van der Waals surface area contributed by atoms with Crippen LogP contribution in [0.2, 0.25) is 0 Å². The molecule has 0 bridgehead atoms. The highest BCUT2D eigenvalue weighted by atomic mass is 19.1. The summed E-state index contributed by atoms with van der Waals surface area (Å²) in [5.41, 5.74) is 12.4. The molecule has 0 aliphatic heterocycles. The average molecular weight is 245 g/mol. The number of nitrogen functional groups attached to an aromatic ring is 2. The number of halogens is 1. The van der Waals surface area contributed by atoms with E-state index in [4.69, 9.17) is 11.5 Å². The highest BCUT2D eigenvalue weighted by Crippen LogP contribution is 2.16. The molecule has 1 aromatic carbocycles. The van der Waals surface area contributed by atoms with Crippen LogP contribution in [0.1, 0.15) is 0 Å². The quantitative estimate of drug-likeness (QED) is 0.646. The Hall–Kier alpha value is -2.77. The largest absolute Gasteiger partial charge is 0.382 e. The zero-order chi connectivity index (χ0) is 12.7. The first-order valence-electron chi connectivity index (χ1n) is 5.05. The molecule has 0 fully saturated rings. The molecule has 3 aromatic rings. The topological polar surface area (TPSA) is 109 Å². The molecule has 0 saturated carbocycles. The molecule has 0 spiro atoms. The maximum atomic E-state index is 12.8. The first-order valence-corrected chi connectivity index (χ1v) is 5.05. The summed E-state index contributed by atoms with van der Waals surface area (Å²) in [6, 6.07) is 5.71. The number of benzene rings is 1. The Morgan fingerprint density at radius 2 is 1.72 bits per heavy atom. The number of hydrogen-bond acceptors (Lipinski definition) is 6. The average Bonchev–Trinajstić information content (AvgIpc) is 2.74. The van der Waals surface area contributed by atoms with Crippen LogP contribution < -0.4 is 11.5 Å². The zero-order valence-electron chi connectivity index (χ0n) is 9.08. The van der Waals surface area contributed by atoms with E-state index in [2.05, 4.69) is 20.2 Å². The van der Waals surface area contributed by atoms with Gasteiger partial charge in [-0.3, -0.25) is 0 Å². The molecule has 0 saturated heterocycles. The van der Waals surface area contributed by atoms with E-state index >= 15 is 0 Å². The van der Waals surface area contributed by atoms with Crippen LogP contribution in [-0.4, -0.2) is 25.0 Å². The summed E-state index contributed by atoms with van der Waals surface area (Å²) in [7, 11) is 0. The molecular weight excluding hydrogens is 237 g/mol. The van der Waals surface area contributed by atoms with Crippen molar-refractivity contribution in [1.29, 1.82) is 0 Å². The molecule has 0 aliphatic carbocycles. The highest BCUT2D eigenvalue weighted by molar-refractivity contribution is 5.81. The van der Waals surface area contributed by atoms with E-state index in [1.807, 2.05) is 0 Å². The van der Waals surface area contributed by atoms with Gasteiger partial charge in [-0.05, 0) is 24.3 Å². The molecule has 7 nitrogen and oxygen atoms in total. The monoisotopic (exact) mass is 245 g/mol. The lowest BCUT2D eigenvalue weighted by Crippen LogP contribution is -1.99. The van der Waals surface area contributed by atoms with Gasteiger partial charge in [0.2, 0.25) is 11.6 Å². The minimum absolute atomic E-state index is 0.0335. The van der Waals surface area contributed by atoms with Gasteiger partial charge in [0, 0.05) is 0 Å². The second-order valence-electron chi connectivity index (χ2n) is 3.61. The van der Waals surface area contributed by atoms with Crippen LogP contribution in [0.4, 0.5) is 16.2 Å². The third kappa shape index (κ3) is 1.59. The van der Waals surface area contributed by atoms with Crippen molar-refractivity contribution in [3.63, 3.8) is 0 Å². The summed E-state index contributed by atoms with van der Waals surface area (Å²) in [6.07, 6.45) is 0. The third-order valence-corrected chi connectivity index (χ3v) is 2.35. The van der Waals surface area contributed by atoms with Gasteiger partial charge in [-0.15, -0.1) is 15.0 Å². The van der Waals surface area contributed by atoms with E-state index in [1.165, 1.54) is 16.9 Å². The molecule has 0 unspecified atom stereocenters. The molecule has 18 heavy (non-hydrogen) atoms. The van der Waals surface area contributed by atoms with E-state index < -0.39 is 0 Å². The molecule has 4 N–H and O–H groups in total. The number of nitrogens with two attached hydrogens (primary N) is 2. The Bertz CT molecular complexity index is 719. The molecular formula is C10H8FN7. The summed E-state index contributed by atoms with van der Waals surface area (Å²) >= 11 is 0. The summed E-state index contributed by atoms with van der Waals surface area (Å²) in [5, 5.41) is 8.24. The minimum Gasteiger partial charge on any atom is -0.382 e. The second kappa shape index (κ2) is 3.62. The van der Waals surface area contributed by atoms with Crippen LogP contribution in [0.25, 0.3) is 16.9 Å². The van der Waals surface area contributed by atoms with Crippen molar-refractivity contribution in [2.24, 2.45) is 0 Å². The molecule has 90 valence electrons. The summed E-state index contributed by atoms with van der Waals surface area (Å²) < 4.78 is 12.8.